The van der Waals surface area contributed by atoms with Crippen molar-refractivity contribution in [1.82, 2.24) is 9.88 Å². The van der Waals surface area contributed by atoms with Crippen LogP contribution in [0, 0.1) is 0 Å². The maximum atomic E-state index is 13.5. The molecule has 1 amide bonds. The fourth-order valence-electron chi connectivity index (χ4n) is 3.17. The summed E-state index contributed by atoms with van der Waals surface area (Å²) in [6.45, 7) is 1.30. The summed E-state index contributed by atoms with van der Waals surface area (Å²) in [4.78, 5) is 23.2. The van der Waals surface area contributed by atoms with E-state index in [0.717, 1.165) is 27.6 Å². The predicted molar refractivity (Wildman–Crippen MR) is 135 cm³/mol. The Hall–Kier alpha value is -2.87. The lowest BCUT2D eigenvalue weighted by Crippen LogP contribution is -2.36. The summed E-state index contributed by atoms with van der Waals surface area (Å²) in [5.74, 6) is 1.39. The molecular formula is C25H25N3O2S2. The summed E-state index contributed by atoms with van der Waals surface area (Å²) in [5.41, 5.74) is 1.52. The summed E-state index contributed by atoms with van der Waals surface area (Å²) >= 11 is 3.25. The smallest absolute Gasteiger partial charge is 0.260 e. The van der Waals surface area contributed by atoms with Crippen molar-refractivity contribution in [1.29, 1.82) is 0 Å². The average Bonchev–Trinajstić information content (AvgIpc) is 3.23. The zero-order valence-corrected chi connectivity index (χ0v) is 20.0. The van der Waals surface area contributed by atoms with Gasteiger partial charge in [0.05, 0.1) is 10.2 Å². The largest absolute Gasteiger partial charge is 0.457 e. The van der Waals surface area contributed by atoms with Crippen molar-refractivity contribution in [2.45, 2.75) is 4.90 Å². The molecule has 7 heteroatoms. The lowest BCUT2D eigenvalue weighted by Gasteiger charge is -2.22. The molecule has 0 atom stereocenters. The van der Waals surface area contributed by atoms with E-state index in [1.807, 2.05) is 74.8 Å². The number of amides is 1. The van der Waals surface area contributed by atoms with E-state index >= 15 is 0 Å². The van der Waals surface area contributed by atoms with Gasteiger partial charge in [-0.1, -0.05) is 29.5 Å². The fraction of sp³-hybridized carbons (Fsp3) is 0.200. The molecule has 0 radical (unpaired) electrons. The molecule has 0 aliphatic carbocycles. The number of aromatic nitrogens is 1. The van der Waals surface area contributed by atoms with Gasteiger partial charge in [-0.25, -0.2) is 4.98 Å². The highest BCUT2D eigenvalue weighted by Gasteiger charge is 2.21. The van der Waals surface area contributed by atoms with Crippen LogP contribution in [0.5, 0.6) is 11.5 Å². The van der Waals surface area contributed by atoms with Gasteiger partial charge < -0.3 is 9.64 Å². The van der Waals surface area contributed by atoms with E-state index in [9.17, 15) is 4.79 Å². The first-order valence-electron chi connectivity index (χ1n) is 10.3. The highest BCUT2D eigenvalue weighted by atomic mass is 32.2. The summed E-state index contributed by atoms with van der Waals surface area (Å²) in [6, 6.07) is 23.1. The molecule has 3 aromatic carbocycles. The zero-order valence-electron chi connectivity index (χ0n) is 18.3. The molecule has 0 saturated heterocycles. The van der Waals surface area contributed by atoms with Crippen LogP contribution in [0.15, 0.2) is 77.7 Å². The summed E-state index contributed by atoms with van der Waals surface area (Å²) in [7, 11) is 4.00. The maximum absolute atomic E-state index is 13.5. The summed E-state index contributed by atoms with van der Waals surface area (Å²) in [5, 5.41) is 0.717. The number of hydrogen-bond acceptors (Lipinski definition) is 6. The number of nitrogens with zero attached hydrogens (tertiary/aromatic N) is 3. The molecule has 32 heavy (non-hydrogen) atoms. The number of anilines is 1. The third kappa shape index (κ3) is 5.30. The third-order valence-corrected chi connectivity index (χ3v) is 6.68. The molecule has 1 aromatic heterocycles. The molecule has 0 spiro atoms. The molecule has 0 unspecified atom stereocenters. The van der Waals surface area contributed by atoms with E-state index < -0.39 is 0 Å². The van der Waals surface area contributed by atoms with Crippen molar-refractivity contribution >= 4 is 44.4 Å². The number of thiazole rings is 1. The second kappa shape index (κ2) is 10.2. The molecule has 0 fully saturated rings. The van der Waals surface area contributed by atoms with Crippen LogP contribution in [0.3, 0.4) is 0 Å². The topological polar surface area (TPSA) is 45.7 Å². The SMILES string of the molecule is CSc1ccc2nc(N(CCN(C)C)C(=O)c3ccc(Oc4ccccc4)cc3)sc2c1. The van der Waals surface area contributed by atoms with Crippen molar-refractivity contribution in [3.63, 3.8) is 0 Å². The lowest BCUT2D eigenvalue weighted by atomic mass is 10.2. The quantitative estimate of drug-likeness (QED) is 0.299. The molecule has 164 valence electrons. The second-order valence-corrected chi connectivity index (χ2v) is 9.42. The van der Waals surface area contributed by atoms with Crippen LogP contribution in [0.25, 0.3) is 10.2 Å². The number of carbonyl (C=O) groups is 1. The van der Waals surface area contributed by atoms with Crippen LogP contribution in [-0.2, 0) is 0 Å². The first-order chi connectivity index (χ1) is 15.5. The van der Waals surface area contributed by atoms with Gasteiger partial charge in [0, 0.05) is 23.5 Å². The molecular weight excluding hydrogens is 438 g/mol. The van der Waals surface area contributed by atoms with Gasteiger partial charge in [0.15, 0.2) is 5.13 Å². The fourth-order valence-corrected chi connectivity index (χ4v) is 4.71. The van der Waals surface area contributed by atoms with Gasteiger partial charge in [-0.15, -0.1) is 11.8 Å². The third-order valence-electron chi connectivity index (χ3n) is 4.91. The number of thioether (sulfide) groups is 1. The molecule has 4 aromatic rings. The van der Waals surface area contributed by atoms with Crippen molar-refractivity contribution in [2.24, 2.45) is 0 Å². The van der Waals surface area contributed by atoms with Gasteiger partial charge in [-0.3, -0.25) is 9.69 Å². The van der Waals surface area contributed by atoms with Crippen molar-refractivity contribution in [3.8, 4) is 11.5 Å². The molecule has 0 aliphatic heterocycles. The minimum absolute atomic E-state index is 0.0674. The molecule has 4 rings (SSSR count). The van der Waals surface area contributed by atoms with Gasteiger partial charge in [0.2, 0.25) is 0 Å². The highest BCUT2D eigenvalue weighted by Crippen LogP contribution is 2.32. The highest BCUT2D eigenvalue weighted by molar-refractivity contribution is 7.98. The van der Waals surface area contributed by atoms with Crippen LogP contribution < -0.4 is 9.64 Å². The number of rotatable bonds is 8. The molecule has 5 nitrogen and oxygen atoms in total. The van der Waals surface area contributed by atoms with Crippen LogP contribution in [0.2, 0.25) is 0 Å². The van der Waals surface area contributed by atoms with Gasteiger partial charge >= 0.3 is 0 Å². The Labute approximate surface area is 196 Å². The molecule has 0 aliphatic rings. The van der Waals surface area contributed by atoms with Crippen molar-refractivity contribution in [3.05, 3.63) is 78.4 Å². The average molecular weight is 464 g/mol. The van der Waals surface area contributed by atoms with E-state index in [1.165, 1.54) is 4.90 Å². The predicted octanol–water partition coefficient (Wildman–Crippen LogP) is 6.02. The van der Waals surface area contributed by atoms with E-state index in [0.29, 0.717) is 17.9 Å². The molecule has 0 saturated carbocycles. The monoisotopic (exact) mass is 463 g/mol. The number of ether oxygens (including phenoxy) is 1. The normalized spacial score (nSPS) is 11.1. The Bertz CT molecular complexity index is 1190. The number of benzene rings is 3. The standard InChI is InChI=1S/C25H25N3O2S2/c1-27(2)15-16-28(25-26-22-14-13-21(31-3)17-23(22)32-25)24(29)18-9-11-20(12-10-18)30-19-7-5-4-6-8-19/h4-14,17H,15-16H2,1-3H3. The Morgan fingerprint density at radius 3 is 2.38 bits per heavy atom. The Morgan fingerprint density at radius 1 is 0.969 bits per heavy atom. The van der Waals surface area contributed by atoms with E-state index in [4.69, 9.17) is 9.72 Å². The number of carbonyl (C=O) groups excluding carboxylic acids is 1. The van der Waals surface area contributed by atoms with Gasteiger partial charge in [-0.2, -0.15) is 0 Å². The minimum atomic E-state index is -0.0674. The molecule has 0 bridgehead atoms. The molecule has 1 heterocycles. The van der Waals surface area contributed by atoms with Crippen LogP contribution in [0.1, 0.15) is 10.4 Å². The van der Waals surface area contributed by atoms with Crippen LogP contribution >= 0.6 is 23.1 Å². The first-order valence-corrected chi connectivity index (χ1v) is 12.3. The molecule has 0 N–H and O–H groups in total. The number of para-hydroxylation sites is 1. The van der Waals surface area contributed by atoms with Crippen LogP contribution in [0.4, 0.5) is 5.13 Å². The Morgan fingerprint density at radius 2 is 1.69 bits per heavy atom. The van der Waals surface area contributed by atoms with Crippen LogP contribution in [-0.4, -0.2) is 49.2 Å². The van der Waals surface area contributed by atoms with E-state index in [-0.39, 0.29) is 5.91 Å². The minimum Gasteiger partial charge on any atom is -0.457 e. The Kier molecular flexibility index (Phi) is 7.09. The van der Waals surface area contributed by atoms with E-state index in [2.05, 4.69) is 23.3 Å². The van der Waals surface area contributed by atoms with Crippen molar-refractivity contribution in [2.75, 3.05) is 38.3 Å². The summed E-state index contributed by atoms with van der Waals surface area (Å²) < 4.78 is 6.94. The first kappa shape index (κ1) is 22.3. The second-order valence-electron chi connectivity index (χ2n) is 7.53. The summed E-state index contributed by atoms with van der Waals surface area (Å²) in [6.07, 6.45) is 2.06. The Balaban J connectivity index is 1.59. The number of fused-ring (bicyclic) bond motifs is 1. The number of hydrogen-bond donors (Lipinski definition) is 0. The lowest BCUT2D eigenvalue weighted by molar-refractivity contribution is 0.0985. The van der Waals surface area contributed by atoms with Gasteiger partial charge in [-0.05, 0) is 74.9 Å². The maximum Gasteiger partial charge on any atom is 0.260 e. The van der Waals surface area contributed by atoms with Crippen molar-refractivity contribution < 1.29 is 9.53 Å². The van der Waals surface area contributed by atoms with E-state index in [1.54, 1.807) is 28.0 Å². The van der Waals surface area contributed by atoms with Gasteiger partial charge in [0.1, 0.15) is 11.5 Å². The zero-order chi connectivity index (χ0) is 22.5. The number of likely N-dealkylation sites (N-methyl/N-ethyl adjacent to an activating group) is 1. The van der Waals surface area contributed by atoms with Gasteiger partial charge in [0.25, 0.3) is 5.91 Å².